The first-order valence-electron chi connectivity index (χ1n) is 8.51. The molecular weight excluding hydrogens is 344 g/mol. The van der Waals surface area contributed by atoms with Crippen LogP contribution in [0.4, 0.5) is 0 Å². The van der Waals surface area contributed by atoms with Crippen LogP contribution in [0.15, 0.2) is 23.8 Å². The number of hydrogen-bond acceptors (Lipinski definition) is 4. The van der Waals surface area contributed by atoms with E-state index >= 15 is 0 Å². The number of carboxylic acid groups (broad SMARTS) is 4. The van der Waals surface area contributed by atoms with Crippen LogP contribution in [0.2, 0.25) is 0 Å². The lowest BCUT2D eigenvalue weighted by Crippen LogP contribution is -2.04. The van der Waals surface area contributed by atoms with Gasteiger partial charge in [0.05, 0.1) is 0 Å². The van der Waals surface area contributed by atoms with E-state index in [1.807, 2.05) is 0 Å². The molecule has 0 heterocycles. The van der Waals surface area contributed by atoms with Crippen molar-refractivity contribution in [2.24, 2.45) is 0 Å². The minimum absolute atomic E-state index is 0.00603. The maximum absolute atomic E-state index is 10.7. The van der Waals surface area contributed by atoms with Crippen LogP contribution in [0.1, 0.15) is 64.7 Å². The molecule has 0 bridgehead atoms. The van der Waals surface area contributed by atoms with E-state index in [9.17, 15) is 19.2 Å². The zero-order valence-electron chi connectivity index (χ0n) is 15.0. The molecule has 0 rings (SSSR count). The number of hydrogen-bond donors (Lipinski definition) is 4. The lowest BCUT2D eigenvalue weighted by Gasteiger charge is -2.02. The van der Waals surface area contributed by atoms with Gasteiger partial charge in [0.15, 0.2) is 0 Å². The third-order valence-electron chi connectivity index (χ3n) is 3.24. The first-order valence-corrected chi connectivity index (χ1v) is 8.51. The third kappa shape index (κ3) is 21.4. The molecule has 0 aliphatic carbocycles. The summed E-state index contributed by atoms with van der Waals surface area (Å²) in [6.45, 7) is 2.18. The number of carboxylic acids is 4. The van der Waals surface area contributed by atoms with Gasteiger partial charge in [-0.15, -0.1) is 0 Å². The van der Waals surface area contributed by atoms with Gasteiger partial charge in [0.1, 0.15) is 0 Å². The van der Waals surface area contributed by atoms with Crippen molar-refractivity contribution in [3.05, 3.63) is 23.8 Å². The van der Waals surface area contributed by atoms with Crippen LogP contribution in [0.5, 0.6) is 0 Å². The van der Waals surface area contributed by atoms with Crippen LogP contribution >= 0.6 is 0 Å². The Hall–Kier alpha value is -2.64. The molecule has 0 spiro atoms. The second-order valence-corrected chi connectivity index (χ2v) is 5.55. The maximum atomic E-state index is 10.7. The average molecular weight is 372 g/mol. The van der Waals surface area contributed by atoms with Gasteiger partial charge in [-0.25, -0.2) is 19.2 Å². The summed E-state index contributed by atoms with van der Waals surface area (Å²) >= 11 is 0. The third-order valence-corrected chi connectivity index (χ3v) is 3.24. The molecule has 0 aliphatic rings. The van der Waals surface area contributed by atoms with Gasteiger partial charge in [-0.05, 0) is 12.8 Å². The van der Waals surface area contributed by atoms with Crippen molar-refractivity contribution in [2.45, 2.75) is 64.7 Å². The van der Waals surface area contributed by atoms with Crippen molar-refractivity contribution < 1.29 is 39.6 Å². The van der Waals surface area contributed by atoms with Gasteiger partial charge < -0.3 is 20.4 Å². The standard InChI is InChI=1S/C14H24O4.C4H4O4/c1-2-3-4-5-6-7-8-9-10-12(14(17)18)11-13(15)16;5-3(6)1-2-4(7)8/h11H,2-10H2,1H3,(H,15,16)(H,17,18);1-2H,(H,5,6)(H,7,8)/b12-11-;2-1-. The van der Waals surface area contributed by atoms with Crippen molar-refractivity contribution in [2.75, 3.05) is 0 Å². The molecule has 8 heteroatoms. The summed E-state index contributed by atoms with van der Waals surface area (Å²) in [6, 6.07) is 0. The van der Waals surface area contributed by atoms with Gasteiger partial charge in [0.25, 0.3) is 0 Å². The largest absolute Gasteiger partial charge is 0.478 e. The quantitative estimate of drug-likeness (QED) is 0.284. The Morgan fingerprint density at radius 3 is 1.42 bits per heavy atom. The predicted molar refractivity (Wildman–Crippen MR) is 95.0 cm³/mol. The first kappa shape index (κ1) is 25.6. The van der Waals surface area contributed by atoms with Gasteiger partial charge in [-0.3, -0.25) is 0 Å². The summed E-state index contributed by atoms with van der Waals surface area (Å²) in [5.74, 6) is -4.83. The highest BCUT2D eigenvalue weighted by molar-refractivity contribution is 5.94. The Morgan fingerprint density at radius 2 is 1.08 bits per heavy atom. The Bertz CT molecular complexity index is 489. The number of carbonyl (C=O) groups is 4. The Morgan fingerprint density at radius 1 is 0.654 bits per heavy atom. The van der Waals surface area contributed by atoms with E-state index in [1.165, 1.54) is 32.1 Å². The van der Waals surface area contributed by atoms with E-state index in [0.29, 0.717) is 18.6 Å². The first-order chi connectivity index (χ1) is 12.2. The Kier molecular flexibility index (Phi) is 16.9. The van der Waals surface area contributed by atoms with Crippen LogP contribution < -0.4 is 0 Å². The summed E-state index contributed by atoms with van der Waals surface area (Å²) in [4.78, 5) is 40.3. The molecule has 148 valence electrons. The van der Waals surface area contributed by atoms with Gasteiger partial charge in [0, 0.05) is 23.8 Å². The fourth-order valence-corrected chi connectivity index (χ4v) is 1.98. The summed E-state index contributed by atoms with van der Waals surface area (Å²) in [6.07, 6.45) is 11.3. The van der Waals surface area contributed by atoms with Crippen molar-refractivity contribution in [1.82, 2.24) is 0 Å². The summed E-state index contributed by atoms with van der Waals surface area (Å²) in [5.41, 5.74) is -0.00603. The molecule has 0 aliphatic heterocycles. The zero-order valence-corrected chi connectivity index (χ0v) is 15.0. The monoisotopic (exact) mass is 372 g/mol. The van der Waals surface area contributed by atoms with Crippen molar-refractivity contribution in [3.63, 3.8) is 0 Å². The fourth-order valence-electron chi connectivity index (χ4n) is 1.98. The summed E-state index contributed by atoms with van der Waals surface area (Å²) in [7, 11) is 0. The molecule has 0 unspecified atom stereocenters. The lowest BCUT2D eigenvalue weighted by atomic mass is 10.0. The maximum Gasteiger partial charge on any atom is 0.331 e. The van der Waals surface area contributed by atoms with Crippen LogP contribution in [-0.2, 0) is 19.2 Å². The molecule has 4 N–H and O–H groups in total. The smallest absolute Gasteiger partial charge is 0.331 e. The number of rotatable bonds is 13. The van der Waals surface area contributed by atoms with Crippen LogP contribution in [0, 0.1) is 0 Å². The molecule has 8 nitrogen and oxygen atoms in total. The van der Waals surface area contributed by atoms with E-state index < -0.39 is 23.9 Å². The van der Waals surface area contributed by atoms with Crippen molar-refractivity contribution in [3.8, 4) is 0 Å². The molecule has 0 radical (unpaired) electrons. The molecule has 0 aromatic carbocycles. The topological polar surface area (TPSA) is 149 Å². The van der Waals surface area contributed by atoms with E-state index in [4.69, 9.17) is 20.4 Å². The van der Waals surface area contributed by atoms with Crippen molar-refractivity contribution in [1.29, 1.82) is 0 Å². The van der Waals surface area contributed by atoms with Crippen LogP contribution in [0.25, 0.3) is 0 Å². The molecule has 0 aromatic heterocycles. The van der Waals surface area contributed by atoms with Crippen molar-refractivity contribution >= 4 is 23.9 Å². The second-order valence-electron chi connectivity index (χ2n) is 5.55. The molecule has 0 saturated heterocycles. The fraction of sp³-hybridized carbons (Fsp3) is 0.556. The average Bonchev–Trinajstić information content (AvgIpc) is 2.54. The predicted octanol–water partition coefficient (Wildman–Crippen LogP) is 3.32. The normalized spacial score (nSPS) is 10.9. The van der Waals surface area contributed by atoms with E-state index in [1.54, 1.807) is 0 Å². The molecule has 0 fully saturated rings. The van der Waals surface area contributed by atoms with Crippen LogP contribution in [0.3, 0.4) is 0 Å². The Balaban J connectivity index is 0. The highest BCUT2D eigenvalue weighted by Gasteiger charge is 2.08. The molecular formula is C18H28O8. The van der Waals surface area contributed by atoms with Gasteiger partial charge >= 0.3 is 23.9 Å². The zero-order chi connectivity index (χ0) is 20.4. The highest BCUT2D eigenvalue weighted by atomic mass is 16.4. The minimum atomic E-state index is -1.26. The molecule has 26 heavy (non-hydrogen) atoms. The molecule has 0 amide bonds. The number of aliphatic carboxylic acids is 4. The molecule has 0 saturated carbocycles. The number of unbranched alkanes of at least 4 members (excludes halogenated alkanes) is 7. The lowest BCUT2D eigenvalue weighted by molar-refractivity contribution is -0.135. The SMILES string of the molecule is CCCCCCCCCC/C(=C/C(=O)O)C(=O)O.O=C(O)/C=C\C(=O)O. The summed E-state index contributed by atoms with van der Waals surface area (Å²) < 4.78 is 0. The van der Waals surface area contributed by atoms with E-state index in [-0.39, 0.29) is 5.57 Å². The van der Waals surface area contributed by atoms with Gasteiger partial charge in [0.2, 0.25) is 0 Å². The van der Waals surface area contributed by atoms with Gasteiger partial charge in [-0.1, -0.05) is 51.9 Å². The molecule has 0 atom stereocenters. The second kappa shape index (κ2) is 17.2. The van der Waals surface area contributed by atoms with E-state index in [2.05, 4.69) is 6.92 Å². The Labute approximate surface area is 152 Å². The van der Waals surface area contributed by atoms with Gasteiger partial charge in [-0.2, -0.15) is 0 Å². The van der Waals surface area contributed by atoms with Crippen LogP contribution in [-0.4, -0.2) is 44.3 Å². The minimum Gasteiger partial charge on any atom is -0.478 e. The summed E-state index contributed by atoms with van der Waals surface area (Å²) in [5, 5.41) is 32.9. The molecule has 0 aromatic rings. The van der Waals surface area contributed by atoms with E-state index in [0.717, 1.165) is 25.3 Å². The highest BCUT2D eigenvalue weighted by Crippen LogP contribution is 2.13.